The number of nitrogens with zero attached hydrogens (tertiary/aromatic N) is 10. The summed E-state index contributed by atoms with van der Waals surface area (Å²) < 4.78 is 2.05. The van der Waals surface area contributed by atoms with Crippen molar-refractivity contribution in [1.29, 1.82) is 0 Å². The number of pyridine rings is 2. The van der Waals surface area contributed by atoms with E-state index < -0.39 is 5.41 Å². The van der Waals surface area contributed by atoms with Crippen molar-refractivity contribution in [3.8, 4) is 11.3 Å². The van der Waals surface area contributed by atoms with Gasteiger partial charge in [0.2, 0.25) is 23.6 Å². The molecule has 1 aromatic carbocycles. The maximum atomic E-state index is 15.1. The molecule has 17 heteroatoms. The van der Waals surface area contributed by atoms with Gasteiger partial charge in [0.15, 0.2) is 0 Å². The van der Waals surface area contributed by atoms with E-state index in [0.29, 0.717) is 89.9 Å². The molecule has 358 valence electrons. The number of likely N-dealkylation sites (tertiary alicyclic amines) is 2. The number of benzene rings is 1. The van der Waals surface area contributed by atoms with Crippen LogP contribution in [0.2, 0.25) is 0 Å². The molecule has 0 bridgehead atoms. The molecule has 0 radical (unpaired) electrons. The number of carbonyl (C=O) groups excluding carboxylic acids is 5. The number of imide groups is 1. The molecule has 6 amide bonds. The molecule has 1 saturated carbocycles. The van der Waals surface area contributed by atoms with Gasteiger partial charge >= 0.3 is 6.03 Å². The normalized spacial score (nSPS) is 24.8. The van der Waals surface area contributed by atoms with Gasteiger partial charge in [-0.05, 0) is 114 Å². The number of carbonyl (C=O) groups is 5. The van der Waals surface area contributed by atoms with Crippen LogP contribution in [-0.4, -0.2) is 146 Å². The van der Waals surface area contributed by atoms with Gasteiger partial charge in [-0.3, -0.25) is 24.5 Å². The summed E-state index contributed by atoms with van der Waals surface area (Å²) in [6.07, 6.45) is 12.6. The molecule has 4 aromatic rings. The number of nitrogens with two attached hydrogens (primary N) is 1. The van der Waals surface area contributed by atoms with E-state index in [0.717, 1.165) is 83.7 Å². The summed E-state index contributed by atoms with van der Waals surface area (Å²) in [6.45, 7) is 10.8. The van der Waals surface area contributed by atoms with Crippen molar-refractivity contribution in [2.24, 2.45) is 5.92 Å². The molecule has 5 saturated heterocycles. The zero-order chi connectivity index (χ0) is 46.8. The highest BCUT2D eigenvalue weighted by molar-refractivity contribution is 6.09. The molecule has 7 aliphatic rings. The molecule has 6 aliphatic heterocycles. The number of nitrogens with one attached hydrogen (secondary N) is 1. The molecule has 3 aromatic heterocycles. The number of rotatable bonds is 7. The van der Waals surface area contributed by atoms with Crippen LogP contribution in [0.4, 0.5) is 22.1 Å². The minimum atomic E-state index is -0.705. The molecule has 1 unspecified atom stereocenters. The Bertz CT molecular complexity index is 2610. The van der Waals surface area contributed by atoms with Crippen LogP contribution in [0, 0.1) is 5.92 Å². The Hall–Kier alpha value is -6.10. The standard InChI is InChI=1S/C51H64N12O5/c1-32(2)62-31-54-41-29-40(55-46(52)45(41)62)34-6-9-39-42(26-34)63(37-27-36(28-37)57-16-4-3-5-17-57)49(67)51(39)14-20-60(21-15-51)50(68)61-24-22-59(23-25-61)48(66)33-12-18-58(19-13-33)43-10-7-35(30-53-43)38-8-11-44(64)56-47(38)65/h6-7,9-10,26,29-33,36-38H,3-5,8,11-25,27-28H2,1-2H3,(H2,52,55)(H,56,64,65). The molecular formula is C51H64N12O5. The fourth-order valence-corrected chi connectivity index (χ4v) is 12.4. The Morgan fingerprint density at radius 3 is 2.21 bits per heavy atom. The molecule has 11 rings (SSSR count). The first-order chi connectivity index (χ1) is 33.0. The molecular weight excluding hydrogens is 861 g/mol. The average molecular weight is 925 g/mol. The van der Waals surface area contributed by atoms with Crippen molar-refractivity contribution in [1.82, 2.24) is 44.4 Å². The van der Waals surface area contributed by atoms with Crippen LogP contribution >= 0.6 is 0 Å². The Morgan fingerprint density at radius 2 is 1.51 bits per heavy atom. The predicted octanol–water partition coefficient (Wildman–Crippen LogP) is 5.05. The summed E-state index contributed by atoms with van der Waals surface area (Å²) in [4.78, 5) is 93.8. The Balaban J connectivity index is 0.721. The van der Waals surface area contributed by atoms with Crippen molar-refractivity contribution in [3.63, 3.8) is 0 Å². The van der Waals surface area contributed by atoms with Crippen LogP contribution in [0.25, 0.3) is 22.3 Å². The summed E-state index contributed by atoms with van der Waals surface area (Å²) >= 11 is 0. The summed E-state index contributed by atoms with van der Waals surface area (Å²) in [6, 6.07) is 13.0. The first-order valence-electron chi connectivity index (χ1n) is 25.2. The van der Waals surface area contributed by atoms with Crippen LogP contribution < -0.4 is 20.9 Å². The van der Waals surface area contributed by atoms with E-state index in [1.54, 1.807) is 6.20 Å². The average Bonchev–Trinajstić information content (AvgIpc) is 3.89. The topological polar surface area (TPSA) is 186 Å². The summed E-state index contributed by atoms with van der Waals surface area (Å²) in [5, 5.41) is 2.42. The van der Waals surface area contributed by atoms with E-state index in [-0.39, 0.29) is 53.6 Å². The SMILES string of the molecule is CC(C)n1cnc2cc(-c3ccc4c(c3)N(C3CC(N5CCCCC5)C3)C(=O)C43CCN(C(=O)N4CCN(C(=O)C5CCN(c6ccc(C7CCC(=O)NC7=O)cn6)CC5)CC4)CC3)nc(N)c21. The second-order valence-corrected chi connectivity index (χ2v) is 20.7. The van der Waals surface area contributed by atoms with Gasteiger partial charge < -0.3 is 39.7 Å². The zero-order valence-electron chi connectivity index (χ0n) is 39.4. The van der Waals surface area contributed by atoms with E-state index in [1.807, 2.05) is 43.8 Å². The number of aromatic nitrogens is 4. The van der Waals surface area contributed by atoms with Gasteiger partial charge in [0, 0.05) is 100 Å². The lowest BCUT2D eigenvalue weighted by Crippen LogP contribution is -2.59. The predicted molar refractivity (Wildman–Crippen MR) is 258 cm³/mol. The van der Waals surface area contributed by atoms with Crippen molar-refractivity contribution >= 4 is 58.0 Å². The summed E-state index contributed by atoms with van der Waals surface area (Å²) in [5.74, 6) is 0.612. The van der Waals surface area contributed by atoms with Crippen LogP contribution in [0.15, 0.2) is 48.9 Å². The molecule has 9 heterocycles. The number of piperazine rings is 1. The molecule has 1 atom stereocenters. The Morgan fingerprint density at radius 1 is 0.794 bits per heavy atom. The zero-order valence-corrected chi connectivity index (χ0v) is 39.4. The van der Waals surface area contributed by atoms with Gasteiger partial charge in [0.25, 0.3) is 0 Å². The van der Waals surface area contributed by atoms with E-state index in [4.69, 9.17) is 10.7 Å². The van der Waals surface area contributed by atoms with Gasteiger partial charge in [0.05, 0.1) is 28.9 Å². The summed E-state index contributed by atoms with van der Waals surface area (Å²) in [7, 11) is 0. The minimum absolute atomic E-state index is 0.0171. The maximum Gasteiger partial charge on any atom is 0.320 e. The van der Waals surface area contributed by atoms with E-state index in [2.05, 4.69) is 62.0 Å². The van der Waals surface area contributed by atoms with Crippen molar-refractivity contribution in [2.45, 2.75) is 114 Å². The Labute approximate surface area is 397 Å². The lowest BCUT2D eigenvalue weighted by Gasteiger charge is -2.48. The fourth-order valence-electron chi connectivity index (χ4n) is 12.4. The minimum Gasteiger partial charge on any atom is -0.382 e. The van der Waals surface area contributed by atoms with Crippen molar-refractivity contribution in [2.75, 3.05) is 81.0 Å². The first kappa shape index (κ1) is 44.4. The monoisotopic (exact) mass is 925 g/mol. The van der Waals surface area contributed by atoms with Crippen LogP contribution in [0.5, 0.6) is 0 Å². The fraction of sp³-hybridized carbons (Fsp3) is 0.569. The van der Waals surface area contributed by atoms with E-state index in [1.165, 1.54) is 19.3 Å². The molecule has 68 heavy (non-hydrogen) atoms. The van der Waals surface area contributed by atoms with Crippen LogP contribution in [0.3, 0.4) is 0 Å². The number of imidazole rings is 1. The second kappa shape index (κ2) is 17.8. The maximum absolute atomic E-state index is 15.1. The highest BCUT2D eigenvalue weighted by atomic mass is 16.2. The smallest absolute Gasteiger partial charge is 0.320 e. The first-order valence-corrected chi connectivity index (χ1v) is 25.2. The number of urea groups is 1. The quantitative estimate of drug-likeness (QED) is 0.236. The third-order valence-electron chi connectivity index (χ3n) is 16.5. The highest BCUT2D eigenvalue weighted by Crippen LogP contribution is 2.52. The number of anilines is 3. The number of nitrogen functional groups attached to an aromatic ring is 1. The number of fused-ring (bicyclic) bond motifs is 3. The second-order valence-electron chi connectivity index (χ2n) is 20.7. The third kappa shape index (κ3) is 7.83. The Kier molecular flexibility index (Phi) is 11.6. The van der Waals surface area contributed by atoms with Gasteiger partial charge in [-0.1, -0.05) is 24.6 Å². The van der Waals surface area contributed by atoms with E-state index >= 15 is 4.79 Å². The molecule has 6 fully saturated rings. The summed E-state index contributed by atoms with van der Waals surface area (Å²) in [5.41, 5.74) is 12.0. The number of amides is 6. The van der Waals surface area contributed by atoms with Crippen LogP contribution in [0.1, 0.15) is 108 Å². The molecule has 17 nitrogen and oxygen atoms in total. The van der Waals surface area contributed by atoms with Gasteiger partial charge in [-0.15, -0.1) is 0 Å². The van der Waals surface area contributed by atoms with Gasteiger partial charge in [-0.25, -0.2) is 19.7 Å². The molecule has 3 N–H and O–H groups in total. The lowest BCUT2D eigenvalue weighted by molar-refractivity contribution is -0.138. The number of piperidine rings is 4. The highest BCUT2D eigenvalue weighted by Gasteiger charge is 2.56. The van der Waals surface area contributed by atoms with Crippen LogP contribution in [-0.2, 0) is 24.6 Å². The lowest BCUT2D eigenvalue weighted by atomic mass is 9.73. The van der Waals surface area contributed by atoms with E-state index in [9.17, 15) is 19.2 Å². The van der Waals surface area contributed by atoms with Crippen molar-refractivity contribution in [3.05, 3.63) is 60.0 Å². The molecule has 1 aliphatic carbocycles. The molecule has 1 spiro atoms. The van der Waals surface area contributed by atoms with Gasteiger partial charge in [-0.2, -0.15) is 0 Å². The largest absolute Gasteiger partial charge is 0.382 e. The van der Waals surface area contributed by atoms with Gasteiger partial charge in [0.1, 0.15) is 17.2 Å². The number of hydrogen-bond acceptors (Lipinski definition) is 11. The van der Waals surface area contributed by atoms with Crippen molar-refractivity contribution < 1.29 is 24.0 Å². The number of hydrogen-bond donors (Lipinski definition) is 2. The third-order valence-corrected chi connectivity index (χ3v) is 16.5.